The van der Waals surface area contributed by atoms with Gasteiger partial charge in [-0.15, -0.1) is 0 Å². The largest absolute Gasteiger partial charge is 0.466 e. The minimum absolute atomic E-state index is 0.0917. The standard InChI is InChI=1S/C39H67N3O8/c1-5-6-7-8-21-47-33(43)12-9-25(2)28-10-11-29-37-30(24-32(39(28,29)4)50-36(46)16-20-42)38(3)17-13-27(48-34(44)14-18-40)22-26(38)23-31(37)49-35(45)15-19-41/h25-32,37H,5-24,40-42H2,1-4H3/t25?,26?,27-,28?,29+,30+,31-,32+,37?,38?,39?/m1/s1. The Morgan fingerprint density at radius 1 is 0.740 bits per heavy atom. The van der Waals surface area contributed by atoms with E-state index in [1.54, 1.807) is 0 Å². The molecule has 0 saturated heterocycles. The molecule has 286 valence electrons. The van der Waals surface area contributed by atoms with Gasteiger partial charge in [0.05, 0.1) is 25.9 Å². The summed E-state index contributed by atoms with van der Waals surface area (Å²) in [6.07, 6.45) is 10.6. The van der Waals surface area contributed by atoms with Gasteiger partial charge in [0.15, 0.2) is 0 Å². The van der Waals surface area contributed by atoms with Crippen molar-refractivity contribution >= 4 is 23.9 Å². The van der Waals surface area contributed by atoms with Crippen LogP contribution in [0.4, 0.5) is 0 Å². The summed E-state index contributed by atoms with van der Waals surface area (Å²) >= 11 is 0. The van der Waals surface area contributed by atoms with Gasteiger partial charge in [-0.05, 0) is 92.8 Å². The van der Waals surface area contributed by atoms with Crippen LogP contribution in [0.3, 0.4) is 0 Å². The monoisotopic (exact) mass is 705 g/mol. The summed E-state index contributed by atoms with van der Waals surface area (Å²) in [5, 5.41) is 0. The third-order valence-corrected chi connectivity index (χ3v) is 13.4. The average Bonchev–Trinajstić information content (AvgIpc) is 3.43. The number of hydrogen-bond acceptors (Lipinski definition) is 11. The summed E-state index contributed by atoms with van der Waals surface area (Å²) in [4.78, 5) is 51.4. The first-order valence-electron chi connectivity index (χ1n) is 19.8. The number of ether oxygens (including phenoxy) is 4. The van der Waals surface area contributed by atoms with Crippen molar-refractivity contribution < 1.29 is 38.1 Å². The van der Waals surface area contributed by atoms with Crippen molar-refractivity contribution in [3.63, 3.8) is 0 Å². The van der Waals surface area contributed by atoms with E-state index in [2.05, 4.69) is 27.7 Å². The molecule has 0 radical (unpaired) electrons. The molecule has 0 aliphatic heterocycles. The highest BCUT2D eigenvalue weighted by Gasteiger charge is 2.67. The summed E-state index contributed by atoms with van der Waals surface area (Å²) in [5.74, 6) is -0.00890. The van der Waals surface area contributed by atoms with Crippen LogP contribution in [-0.2, 0) is 38.1 Å². The van der Waals surface area contributed by atoms with Crippen molar-refractivity contribution in [1.29, 1.82) is 0 Å². The molecule has 4 saturated carbocycles. The second-order valence-electron chi connectivity index (χ2n) is 16.3. The Kier molecular flexibility index (Phi) is 15.0. The van der Waals surface area contributed by atoms with Gasteiger partial charge in [0.2, 0.25) is 0 Å². The average molecular weight is 706 g/mol. The Hall–Kier alpha value is -2.24. The van der Waals surface area contributed by atoms with Crippen LogP contribution in [0.2, 0.25) is 0 Å². The second-order valence-corrected chi connectivity index (χ2v) is 16.3. The summed E-state index contributed by atoms with van der Waals surface area (Å²) < 4.78 is 24.2. The maximum absolute atomic E-state index is 13.2. The fourth-order valence-corrected chi connectivity index (χ4v) is 10.8. The van der Waals surface area contributed by atoms with Crippen LogP contribution >= 0.6 is 0 Å². The number of unbranched alkanes of at least 4 members (excludes halogenated alkanes) is 3. The van der Waals surface area contributed by atoms with Crippen LogP contribution in [0, 0.1) is 46.3 Å². The molecular formula is C39H67N3O8. The molecule has 0 bridgehead atoms. The Balaban J connectivity index is 1.61. The number of carbonyl (C=O) groups is 4. The first-order valence-corrected chi connectivity index (χ1v) is 19.8. The van der Waals surface area contributed by atoms with Crippen LogP contribution in [0.1, 0.15) is 130 Å². The molecule has 0 aromatic heterocycles. The molecule has 11 atom stereocenters. The van der Waals surface area contributed by atoms with Gasteiger partial charge in [0, 0.05) is 37.4 Å². The third-order valence-electron chi connectivity index (χ3n) is 13.4. The van der Waals surface area contributed by atoms with Gasteiger partial charge in [-0.3, -0.25) is 19.2 Å². The Labute approximate surface area is 300 Å². The molecule has 11 nitrogen and oxygen atoms in total. The van der Waals surface area contributed by atoms with E-state index in [0.29, 0.717) is 38.7 Å². The molecule has 0 spiro atoms. The fraction of sp³-hybridized carbons (Fsp3) is 0.897. The van der Waals surface area contributed by atoms with E-state index >= 15 is 0 Å². The SMILES string of the molecule is CCCCCCOC(=O)CCC(C)C1CC[C@H]2C3[C@H](OC(=O)CCN)CC4C[C@H](OC(=O)CCN)CCC4(C)[C@H]3C[C@H](OC(=O)CCN)C12C. The van der Waals surface area contributed by atoms with Gasteiger partial charge in [-0.1, -0.05) is 47.0 Å². The van der Waals surface area contributed by atoms with Gasteiger partial charge in [0.1, 0.15) is 18.3 Å². The normalized spacial score (nSPS) is 35.2. The maximum atomic E-state index is 13.2. The molecular weight excluding hydrogens is 638 g/mol. The number of carbonyl (C=O) groups excluding carboxylic acids is 4. The molecule has 4 aliphatic carbocycles. The van der Waals surface area contributed by atoms with Crippen molar-refractivity contribution in [2.45, 2.75) is 149 Å². The van der Waals surface area contributed by atoms with Gasteiger partial charge in [-0.25, -0.2) is 0 Å². The van der Waals surface area contributed by atoms with Crippen LogP contribution < -0.4 is 17.2 Å². The minimum Gasteiger partial charge on any atom is -0.466 e. The van der Waals surface area contributed by atoms with Crippen LogP contribution in [0.5, 0.6) is 0 Å². The summed E-state index contributed by atoms with van der Waals surface area (Å²) in [6, 6.07) is 0. The summed E-state index contributed by atoms with van der Waals surface area (Å²) in [7, 11) is 0. The number of fused-ring (bicyclic) bond motifs is 5. The molecule has 0 amide bonds. The second kappa shape index (κ2) is 18.5. The molecule has 0 heterocycles. The maximum Gasteiger partial charge on any atom is 0.307 e. The lowest BCUT2D eigenvalue weighted by molar-refractivity contribution is -0.225. The molecule has 0 aromatic rings. The number of nitrogens with two attached hydrogens (primary N) is 3. The Bertz CT molecular complexity index is 1150. The van der Waals surface area contributed by atoms with E-state index < -0.39 is 0 Å². The quantitative estimate of drug-likeness (QED) is 0.0970. The molecule has 6 unspecified atom stereocenters. The van der Waals surface area contributed by atoms with E-state index in [9.17, 15) is 19.2 Å². The number of esters is 4. The highest BCUT2D eigenvalue weighted by atomic mass is 16.6. The smallest absolute Gasteiger partial charge is 0.307 e. The van der Waals surface area contributed by atoms with Crippen LogP contribution in [-0.4, -0.2) is 68.4 Å². The van der Waals surface area contributed by atoms with Crippen LogP contribution in [0.25, 0.3) is 0 Å². The highest BCUT2D eigenvalue weighted by molar-refractivity contribution is 5.71. The van der Waals surface area contributed by atoms with Gasteiger partial charge in [-0.2, -0.15) is 0 Å². The molecule has 50 heavy (non-hydrogen) atoms. The molecule has 4 aliphatic rings. The Morgan fingerprint density at radius 3 is 2.06 bits per heavy atom. The lowest BCUT2D eigenvalue weighted by Crippen LogP contribution is -2.63. The van der Waals surface area contributed by atoms with Crippen LogP contribution in [0.15, 0.2) is 0 Å². The van der Waals surface area contributed by atoms with Gasteiger partial charge >= 0.3 is 23.9 Å². The summed E-state index contributed by atoms with van der Waals surface area (Å²) in [6.45, 7) is 10.2. The first kappa shape index (κ1) is 40.5. The topological polar surface area (TPSA) is 183 Å². The zero-order chi connectivity index (χ0) is 36.5. The van der Waals surface area contributed by atoms with Crippen molar-refractivity contribution in [2.75, 3.05) is 26.2 Å². The lowest BCUT2D eigenvalue weighted by Gasteiger charge is -2.64. The molecule has 0 aromatic carbocycles. The zero-order valence-corrected chi connectivity index (χ0v) is 31.3. The first-order chi connectivity index (χ1) is 23.9. The summed E-state index contributed by atoms with van der Waals surface area (Å²) in [5.41, 5.74) is 16.7. The van der Waals surface area contributed by atoms with Crippen molar-refractivity contribution in [2.24, 2.45) is 63.5 Å². The minimum atomic E-state index is -0.369. The van der Waals surface area contributed by atoms with E-state index in [1.807, 2.05) is 0 Å². The fourth-order valence-electron chi connectivity index (χ4n) is 10.8. The van der Waals surface area contributed by atoms with E-state index in [4.69, 9.17) is 36.1 Å². The number of rotatable bonds is 18. The van der Waals surface area contributed by atoms with Crippen molar-refractivity contribution in [1.82, 2.24) is 0 Å². The van der Waals surface area contributed by atoms with E-state index in [-0.39, 0.29) is 127 Å². The molecule has 4 fully saturated rings. The highest BCUT2D eigenvalue weighted by Crippen LogP contribution is 2.69. The molecule has 4 rings (SSSR count). The lowest BCUT2D eigenvalue weighted by atomic mass is 9.43. The zero-order valence-electron chi connectivity index (χ0n) is 31.3. The van der Waals surface area contributed by atoms with E-state index in [1.165, 1.54) is 0 Å². The van der Waals surface area contributed by atoms with Crippen molar-refractivity contribution in [3.05, 3.63) is 0 Å². The van der Waals surface area contributed by atoms with Crippen molar-refractivity contribution in [3.8, 4) is 0 Å². The Morgan fingerprint density at radius 2 is 1.40 bits per heavy atom. The third kappa shape index (κ3) is 9.21. The van der Waals surface area contributed by atoms with E-state index in [0.717, 1.165) is 51.4 Å². The number of hydrogen-bond donors (Lipinski definition) is 3. The predicted molar refractivity (Wildman–Crippen MR) is 190 cm³/mol. The molecule has 6 N–H and O–H groups in total. The predicted octanol–water partition coefficient (Wildman–Crippen LogP) is 5.19. The van der Waals surface area contributed by atoms with Gasteiger partial charge < -0.3 is 36.1 Å². The molecule has 11 heteroatoms. The van der Waals surface area contributed by atoms with Gasteiger partial charge in [0.25, 0.3) is 0 Å².